The highest BCUT2D eigenvalue weighted by atomic mass is 32.1. The van der Waals surface area contributed by atoms with Crippen LogP contribution >= 0.6 is 11.3 Å². The van der Waals surface area contributed by atoms with Gasteiger partial charge in [0.05, 0.1) is 31.7 Å². The van der Waals surface area contributed by atoms with Gasteiger partial charge in [0.15, 0.2) is 5.76 Å². The molecule has 0 aliphatic carbocycles. The Labute approximate surface area is 149 Å². The molecule has 3 heterocycles. The zero-order valence-corrected chi connectivity index (χ0v) is 14.7. The predicted octanol–water partition coefficient (Wildman–Crippen LogP) is 3.18. The molecule has 0 unspecified atom stereocenters. The number of aromatic nitrogens is 2. The van der Waals surface area contributed by atoms with Crippen molar-refractivity contribution in [1.29, 1.82) is 0 Å². The Morgan fingerprint density at radius 3 is 3.08 bits per heavy atom. The zero-order chi connectivity index (χ0) is 17.5. The molecular formula is C18H19N3O3S. The third-order valence-electron chi connectivity index (χ3n) is 3.50. The van der Waals surface area contributed by atoms with Crippen molar-refractivity contribution < 1.29 is 13.9 Å². The van der Waals surface area contributed by atoms with Crippen molar-refractivity contribution in [2.45, 2.75) is 13.1 Å². The molecule has 130 valence electrons. The molecule has 0 fully saturated rings. The summed E-state index contributed by atoms with van der Waals surface area (Å²) in [4.78, 5) is 13.0. The standard InChI is InChI=1S/C18H19N3O3S/c1-23-10-8-21-16(17-5-2-9-24-17)12-14(20-21)13-19-18(22)7-6-15-4-3-11-25-15/h2-7,9,11-12H,8,10,13H2,1H3,(H,19,22). The van der Waals surface area contributed by atoms with Gasteiger partial charge in [-0.2, -0.15) is 5.10 Å². The molecule has 0 aromatic carbocycles. The minimum atomic E-state index is -0.153. The lowest BCUT2D eigenvalue weighted by molar-refractivity contribution is -0.116. The molecule has 7 heteroatoms. The molecule has 3 aromatic rings. The SMILES string of the molecule is COCCn1nc(CNC(=O)C=Cc2cccs2)cc1-c1ccco1. The monoisotopic (exact) mass is 357 g/mol. The number of nitrogens with zero attached hydrogens (tertiary/aromatic N) is 2. The van der Waals surface area contributed by atoms with Crippen LogP contribution in [0.2, 0.25) is 0 Å². The maximum atomic E-state index is 11.9. The van der Waals surface area contributed by atoms with Crippen molar-refractivity contribution in [2.24, 2.45) is 0 Å². The van der Waals surface area contributed by atoms with E-state index in [1.165, 1.54) is 6.08 Å². The minimum Gasteiger partial charge on any atom is -0.463 e. The van der Waals surface area contributed by atoms with Crippen LogP contribution in [0.25, 0.3) is 17.5 Å². The largest absolute Gasteiger partial charge is 0.463 e. The number of carbonyl (C=O) groups excluding carboxylic acids is 1. The molecule has 25 heavy (non-hydrogen) atoms. The van der Waals surface area contributed by atoms with Gasteiger partial charge in [0.1, 0.15) is 5.69 Å². The number of amides is 1. The Kier molecular flexibility index (Phi) is 5.81. The summed E-state index contributed by atoms with van der Waals surface area (Å²) < 4.78 is 12.4. The first-order valence-corrected chi connectivity index (χ1v) is 8.73. The summed E-state index contributed by atoms with van der Waals surface area (Å²) in [5, 5.41) is 9.34. The van der Waals surface area contributed by atoms with Crippen LogP contribution in [-0.4, -0.2) is 29.4 Å². The number of hydrogen-bond acceptors (Lipinski definition) is 5. The maximum Gasteiger partial charge on any atom is 0.244 e. The Morgan fingerprint density at radius 2 is 2.36 bits per heavy atom. The first-order chi connectivity index (χ1) is 12.3. The average molecular weight is 357 g/mol. The second kappa shape index (κ2) is 8.46. The van der Waals surface area contributed by atoms with E-state index in [1.54, 1.807) is 30.8 Å². The number of thiophene rings is 1. The topological polar surface area (TPSA) is 69.3 Å². The lowest BCUT2D eigenvalue weighted by atomic mass is 10.3. The number of hydrogen-bond donors (Lipinski definition) is 1. The fourth-order valence-corrected chi connectivity index (χ4v) is 2.93. The highest BCUT2D eigenvalue weighted by molar-refractivity contribution is 7.10. The summed E-state index contributed by atoms with van der Waals surface area (Å²) >= 11 is 1.59. The summed E-state index contributed by atoms with van der Waals surface area (Å²) in [5.41, 5.74) is 1.63. The molecule has 0 aliphatic rings. The molecule has 3 aromatic heterocycles. The van der Waals surface area contributed by atoms with Crippen LogP contribution in [-0.2, 0) is 22.6 Å². The summed E-state index contributed by atoms with van der Waals surface area (Å²) in [6, 6.07) is 9.54. The van der Waals surface area contributed by atoms with Crippen molar-refractivity contribution in [1.82, 2.24) is 15.1 Å². The van der Waals surface area contributed by atoms with Gasteiger partial charge in [-0.1, -0.05) is 6.07 Å². The second-order valence-corrected chi connectivity index (χ2v) is 6.26. The van der Waals surface area contributed by atoms with Crippen LogP contribution in [0.4, 0.5) is 0 Å². The highest BCUT2D eigenvalue weighted by Gasteiger charge is 2.12. The van der Waals surface area contributed by atoms with Crippen LogP contribution in [0.3, 0.4) is 0 Å². The fourth-order valence-electron chi connectivity index (χ4n) is 2.31. The van der Waals surface area contributed by atoms with Crippen LogP contribution in [0, 0.1) is 0 Å². The van der Waals surface area contributed by atoms with E-state index in [9.17, 15) is 4.79 Å². The van der Waals surface area contributed by atoms with E-state index in [-0.39, 0.29) is 5.91 Å². The van der Waals surface area contributed by atoms with E-state index < -0.39 is 0 Å². The molecule has 1 amide bonds. The molecule has 0 radical (unpaired) electrons. The van der Waals surface area contributed by atoms with Gasteiger partial charge in [-0.3, -0.25) is 9.48 Å². The van der Waals surface area contributed by atoms with E-state index >= 15 is 0 Å². The van der Waals surface area contributed by atoms with Gasteiger partial charge in [0.2, 0.25) is 5.91 Å². The first kappa shape index (κ1) is 17.2. The molecule has 0 saturated carbocycles. The van der Waals surface area contributed by atoms with Crippen molar-refractivity contribution in [2.75, 3.05) is 13.7 Å². The molecule has 0 atom stereocenters. The van der Waals surface area contributed by atoms with E-state index in [1.807, 2.05) is 40.4 Å². The molecule has 0 aliphatic heterocycles. The summed E-state index contributed by atoms with van der Waals surface area (Å²) in [6.07, 6.45) is 4.95. The summed E-state index contributed by atoms with van der Waals surface area (Å²) in [5.74, 6) is 0.582. The van der Waals surface area contributed by atoms with Gasteiger partial charge in [0, 0.05) is 18.1 Å². The molecule has 3 rings (SSSR count). The first-order valence-electron chi connectivity index (χ1n) is 7.85. The maximum absolute atomic E-state index is 11.9. The normalized spacial score (nSPS) is 11.2. The summed E-state index contributed by atoms with van der Waals surface area (Å²) in [6.45, 7) is 1.50. The quantitative estimate of drug-likeness (QED) is 0.629. The molecule has 0 bridgehead atoms. The van der Waals surface area contributed by atoms with Crippen molar-refractivity contribution in [3.63, 3.8) is 0 Å². The number of rotatable bonds is 8. The van der Waals surface area contributed by atoms with Crippen LogP contribution in [0.1, 0.15) is 10.6 Å². The molecule has 1 N–H and O–H groups in total. The highest BCUT2D eigenvalue weighted by Crippen LogP contribution is 2.21. The zero-order valence-electron chi connectivity index (χ0n) is 13.8. The third kappa shape index (κ3) is 4.68. The van der Waals surface area contributed by atoms with Gasteiger partial charge in [-0.15, -0.1) is 11.3 Å². The number of carbonyl (C=O) groups is 1. The Bertz CT molecular complexity index is 820. The average Bonchev–Trinajstić information content (AvgIpc) is 3.37. The smallest absolute Gasteiger partial charge is 0.244 e. The lowest BCUT2D eigenvalue weighted by Gasteiger charge is -2.04. The van der Waals surface area contributed by atoms with Gasteiger partial charge in [0.25, 0.3) is 0 Å². The van der Waals surface area contributed by atoms with Gasteiger partial charge < -0.3 is 14.5 Å². The lowest BCUT2D eigenvalue weighted by Crippen LogP contribution is -2.20. The summed E-state index contributed by atoms with van der Waals surface area (Å²) in [7, 11) is 1.65. The second-order valence-electron chi connectivity index (χ2n) is 5.28. The molecule has 6 nitrogen and oxygen atoms in total. The van der Waals surface area contributed by atoms with E-state index in [0.717, 1.165) is 22.0 Å². The number of ether oxygens (including phenoxy) is 1. The molecule has 0 spiro atoms. The van der Waals surface area contributed by atoms with Crippen molar-refractivity contribution in [3.8, 4) is 11.5 Å². The van der Waals surface area contributed by atoms with Gasteiger partial charge in [-0.05, 0) is 35.7 Å². The van der Waals surface area contributed by atoms with Gasteiger partial charge >= 0.3 is 0 Å². The van der Waals surface area contributed by atoms with Crippen molar-refractivity contribution >= 4 is 23.3 Å². The molecular weight excluding hydrogens is 338 g/mol. The van der Waals surface area contributed by atoms with Crippen LogP contribution in [0.5, 0.6) is 0 Å². The third-order valence-corrected chi connectivity index (χ3v) is 4.33. The van der Waals surface area contributed by atoms with Crippen LogP contribution in [0.15, 0.2) is 52.5 Å². The minimum absolute atomic E-state index is 0.153. The van der Waals surface area contributed by atoms with Crippen molar-refractivity contribution in [3.05, 3.63) is 58.6 Å². The number of furan rings is 1. The Hall–Kier alpha value is -2.64. The van der Waals surface area contributed by atoms with E-state index in [2.05, 4.69) is 10.4 Å². The number of methoxy groups -OCH3 is 1. The van der Waals surface area contributed by atoms with E-state index in [4.69, 9.17) is 9.15 Å². The Balaban J connectivity index is 1.65. The fraction of sp³-hybridized carbons (Fsp3) is 0.222. The predicted molar refractivity (Wildman–Crippen MR) is 97.0 cm³/mol. The van der Waals surface area contributed by atoms with Crippen LogP contribution < -0.4 is 5.32 Å². The molecule has 0 saturated heterocycles. The number of nitrogens with one attached hydrogen (secondary N) is 1. The Morgan fingerprint density at radius 1 is 1.44 bits per heavy atom. The van der Waals surface area contributed by atoms with Gasteiger partial charge in [-0.25, -0.2) is 0 Å². The van der Waals surface area contributed by atoms with E-state index in [0.29, 0.717) is 19.7 Å².